The number of fused-ring (bicyclic) bond motifs is 1. The van der Waals surface area contributed by atoms with Gasteiger partial charge in [0.05, 0.1) is 14.2 Å². The second kappa shape index (κ2) is 10.1. The monoisotopic (exact) mass is 447 g/mol. The van der Waals surface area contributed by atoms with Gasteiger partial charge in [-0.05, 0) is 47.0 Å². The minimum Gasteiger partial charge on any atom is -0.493 e. The van der Waals surface area contributed by atoms with E-state index in [0.29, 0.717) is 24.6 Å². The Morgan fingerprint density at radius 3 is 2.48 bits per heavy atom. The Bertz CT molecular complexity index is 1240. The number of para-hydroxylation sites is 1. The number of hydrogen-bond donors (Lipinski definition) is 3. The number of methoxy groups -OCH3 is 2. The van der Waals surface area contributed by atoms with Crippen molar-refractivity contribution >= 4 is 16.9 Å². The van der Waals surface area contributed by atoms with Crippen molar-refractivity contribution in [3.05, 3.63) is 95.4 Å². The summed E-state index contributed by atoms with van der Waals surface area (Å²) >= 11 is 0. The maximum atomic E-state index is 13.1. The van der Waals surface area contributed by atoms with Gasteiger partial charge in [-0.3, -0.25) is 0 Å². The quantitative estimate of drug-likeness (QED) is 0.358. The van der Waals surface area contributed by atoms with Gasteiger partial charge in [-0.2, -0.15) is 0 Å². The molecule has 2 amide bonds. The van der Waals surface area contributed by atoms with Crippen molar-refractivity contribution in [1.82, 2.24) is 15.6 Å². The van der Waals surface area contributed by atoms with E-state index in [-0.39, 0.29) is 17.8 Å². The summed E-state index contributed by atoms with van der Waals surface area (Å²) in [5, 5.41) is 6.88. The summed E-state index contributed by atoms with van der Waals surface area (Å²) in [5.74, 6) is 0.835. The van der Waals surface area contributed by atoms with Crippen molar-refractivity contribution in [2.45, 2.75) is 12.5 Å². The average molecular weight is 448 g/mol. The lowest BCUT2D eigenvalue weighted by molar-refractivity contribution is 0.240. The average Bonchev–Trinajstić information content (AvgIpc) is 3.27. The number of urea groups is 1. The van der Waals surface area contributed by atoms with E-state index in [2.05, 4.69) is 21.7 Å². The van der Waals surface area contributed by atoms with Gasteiger partial charge in [0.15, 0.2) is 11.5 Å². The number of benzene rings is 3. The van der Waals surface area contributed by atoms with Gasteiger partial charge in [0.2, 0.25) is 0 Å². The molecule has 0 aliphatic rings. The molecular formula is C26H26FN3O3. The third kappa shape index (κ3) is 5.09. The second-order valence-corrected chi connectivity index (χ2v) is 7.65. The van der Waals surface area contributed by atoms with Crippen LogP contribution in [0.4, 0.5) is 9.18 Å². The molecule has 0 saturated carbocycles. The number of rotatable bonds is 8. The summed E-state index contributed by atoms with van der Waals surface area (Å²) in [7, 11) is 3.20. The topological polar surface area (TPSA) is 75.4 Å². The van der Waals surface area contributed by atoms with Crippen molar-refractivity contribution in [3.63, 3.8) is 0 Å². The van der Waals surface area contributed by atoms with Crippen LogP contribution in [0.1, 0.15) is 22.6 Å². The zero-order valence-electron chi connectivity index (χ0n) is 18.5. The molecule has 33 heavy (non-hydrogen) atoms. The van der Waals surface area contributed by atoms with Gasteiger partial charge in [0, 0.05) is 36.1 Å². The molecule has 0 saturated heterocycles. The smallest absolute Gasteiger partial charge is 0.315 e. The van der Waals surface area contributed by atoms with Crippen LogP contribution in [-0.4, -0.2) is 31.8 Å². The highest BCUT2D eigenvalue weighted by Crippen LogP contribution is 2.35. The molecule has 7 heteroatoms. The number of carbonyl (C=O) groups is 1. The number of halogens is 1. The van der Waals surface area contributed by atoms with Crippen LogP contribution >= 0.6 is 0 Å². The first-order chi connectivity index (χ1) is 16.1. The Hall–Kier alpha value is -4.00. The van der Waals surface area contributed by atoms with E-state index in [4.69, 9.17) is 9.47 Å². The Balaban J connectivity index is 1.55. The number of nitrogens with one attached hydrogen (secondary N) is 3. The molecule has 1 aromatic heterocycles. The first-order valence-electron chi connectivity index (χ1n) is 10.6. The predicted octanol–water partition coefficient (Wildman–Crippen LogP) is 4.96. The lowest BCUT2D eigenvalue weighted by Gasteiger charge is -2.20. The fraction of sp³-hybridized carbons (Fsp3) is 0.192. The van der Waals surface area contributed by atoms with Crippen LogP contribution in [0.15, 0.2) is 72.9 Å². The second-order valence-electron chi connectivity index (χ2n) is 7.65. The van der Waals surface area contributed by atoms with Crippen molar-refractivity contribution in [2.24, 2.45) is 0 Å². The SMILES string of the molecule is COc1ccc(C(CNC(=O)NCc2ccc(F)cc2)c2c[nH]c3ccccc23)cc1OC. The minimum absolute atomic E-state index is 0.127. The van der Waals surface area contributed by atoms with Crippen molar-refractivity contribution in [1.29, 1.82) is 0 Å². The van der Waals surface area contributed by atoms with Crippen molar-refractivity contribution < 1.29 is 18.7 Å². The van der Waals surface area contributed by atoms with E-state index >= 15 is 0 Å². The minimum atomic E-state index is -0.306. The Labute approximate surface area is 191 Å². The Morgan fingerprint density at radius 2 is 1.73 bits per heavy atom. The van der Waals surface area contributed by atoms with E-state index in [1.165, 1.54) is 12.1 Å². The zero-order chi connectivity index (χ0) is 23.2. The van der Waals surface area contributed by atoms with E-state index in [0.717, 1.165) is 27.6 Å². The Kier molecular flexibility index (Phi) is 6.78. The summed E-state index contributed by atoms with van der Waals surface area (Å²) in [5.41, 5.74) is 3.89. The van der Waals surface area contributed by atoms with Gasteiger partial charge in [-0.1, -0.05) is 36.4 Å². The number of amides is 2. The summed E-state index contributed by atoms with van der Waals surface area (Å²) < 4.78 is 24.0. The molecule has 4 rings (SSSR count). The fourth-order valence-electron chi connectivity index (χ4n) is 3.90. The molecule has 0 aliphatic heterocycles. The third-order valence-electron chi connectivity index (χ3n) is 5.64. The highest BCUT2D eigenvalue weighted by molar-refractivity contribution is 5.84. The molecule has 1 heterocycles. The molecule has 0 spiro atoms. The first-order valence-corrected chi connectivity index (χ1v) is 10.6. The van der Waals surface area contributed by atoms with Crippen LogP contribution in [0.2, 0.25) is 0 Å². The molecule has 0 radical (unpaired) electrons. The number of carbonyl (C=O) groups excluding carboxylic acids is 1. The molecule has 3 aromatic carbocycles. The van der Waals surface area contributed by atoms with Crippen LogP contribution in [0.5, 0.6) is 11.5 Å². The van der Waals surface area contributed by atoms with Crippen LogP contribution in [0.25, 0.3) is 10.9 Å². The number of aromatic amines is 1. The molecule has 0 bridgehead atoms. The highest BCUT2D eigenvalue weighted by atomic mass is 19.1. The molecule has 170 valence electrons. The lowest BCUT2D eigenvalue weighted by Crippen LogP contribution is -2.37. The number of aromatic nitrogens is 1. The maximum Gasteiger partial charge on any atom is 0.315 e. The van der Waals surface area contributed by atoms with E-state index in [1.54, 1.807) is 26.4 Å². The van der Waals surface area contributed by atoms with Gasteiger partial charge in [0.25, 0.3) is 0 Å². The van der Waals surface area contributed by atoms with E-state index < -0.39 is 0 Å². The highest BCUT2D eigenvalue weighted by Gasteiger charge is 2.21. The first kappa shape index (κ1) is 22.2. The van der Waals surface area contributed by atoms with Gasteiger partial charge >= 0.3 is 6.03 Å². The molecule has 0 aliphatic carbocycles. The van der Waals surface area contributed by atoms with Crippen molar-refractivity contribution in [3.8, 4) is 11.5 Å². The van der Waals surface area contributed by atoms with Gasteiger partial charge in [-0.25, -0.2) is 9.18 Å². The Morgan fingerprint density at radius 1 is 0.970 bits per heavy atom. The van der Waals surface area contributed by atoms with Crippen LogP contribution < -0.4 is 20.1 Å². The molecular weight excluding hydrogens is 421 g/mol. The van der Waals surface area contributed by atoms with Crippen LogP contribution in [0.3, 0.4) is 0 Å². The number of H-pyrrole nitrogens is 1. The van der Waals surface area contributed by atoms with Gasteiger partial charge in [-0.15, -0.1) is 0 Å². The van der Waals surface area contributed by atoms with Crippen molar-refractivity contribution in [2.75, 3.05) is 20.8 Å². The number of ether oxygens (including phenoxy) is 2. The standard InChI is InChI=1S/C26H26FN3O3/c1-32-24-12-9-18(13-25(24)33-2)21(22-16-28-23-6-4-3-5-20(22)23)15-30-26(31)29-14-17-7-10-19(27)11-8-17/h3-13,16,21,28H,14-15H2,1-2H3,(H2,29,30,31). The fourth-order valence-corrected chi connectivity index (χ4v) is 3.90. The van der Waals surface area contributed by atoms with Crippen LogP contribution in [-0.2, 0) is 6.54 Å². The summed E-state index contributed by atoms with van der Waals surface area (Å²) in [4.78, 5) is 15.8. The largest absolute Gasteiger partial charge is 0.493 e. The predicted molar refractivity (Wildman–Crippen MR) is 126 cm³/mol. The molecule has 0 fully saturated rings. The molecule has 6 nitrogen and oxygen atoms in total. The van der Waals surface area contributed by atoms with Gasteiger partial charge in [0.1, 0.15) is 5.82 Å². The van der Waals surface area contributed by atoms with E-state index in [1.807, 2.05) is 42.6 Å². The maximum absolute atomic E-state index is 13.1. The molecule has 1 unspecified atom stereocenters. The summed E-state index contributed by atoms with van der Waals surface area (Å²) in [6, 6.07) is 19.6. The third-order valence-corrected chi connectivity index (χ3v) is 5.64. The van der Waals surface area contributed by atoms with Gasteiger partial charge < -0.3 is 25.1 Å². The molecule has 1 atom stereocenters. The summed E-state index contributed by atoms with van der Waals surface area (Å²) in [6.45, 7) is 0.673. The summed E-state index contributed by atoms with van der Waals surface area (Å²) in [6.07, 6.45) is 1.98. The zero-order valence-corrected chi connectivity index (χ0v) is 18.5. The molecule has 4 aromatic rings. The number of hydrogen-bond acceptors (Lipinski definition) is 3. The van der Waals surface area contributed by atoms with E-state index in [9.17, 15) is 9.18 Å². The normalized spacial score (nSPS) is 11.7. The van der Waals surface area contributed by atoms with Crippen LogP contribution in [0, 0.1) is 5.82 Å². The molecule has 3 N–H and O–H groups in total. The lowest BCUT2D eigenvalue weighted by atomic mass is 9.90.